The van der Waals surface area contributed by atoms with Crippen LogP contribution >= 0.6 is 0 Å². The average molecular weight is 619 g/mol. The molecule has 0 saturated carbocycles. The minimum atomic E-state index is 0.499. The van der Waals surface area contributed by atoms with Gasteiger partial charge in [0.15, 0.2) is 5.82 Å². The van der Waals surface area contributed by atoms with Crippen molar-refractivity contribution in [1.29, 1.82) is 0 Å². The molecule has 0 unspecified atom stereocenters. The van der Waals surface area contributed by atoms with Gasteiger partial charge in [-0.1, -0.05) is 115 Å². The summed E-state index contributed by atoms with van der Waals surface area (Å²) in [5, 5.41) is 2.24. The maximum absolute atomic E-state index is 5.20. The Morgan fingerprint density at radius 1 is 0.354 bits per heavy atom. The molecule has 0 spiro atoms. The first-order chi connectivity index (χ1) is 23.8. The molecule has 0 aliphatic rings. The number of para-hydroxylation sites is 4. The van der Waals surface area contributed by atoms with E-state index in [1.54, 1.807) is 0 Å². The maximum atomic E-state index is 5.20. The van der Waals surface area contributed by atoms with Gasteiger partial charge in [0.25, 0.3) is 0 Å². The van der Waals surface area contributed by atoms with Gasteiger partial charge < -0.3 is 0 Å². The van der Waals surface area contributed by atoms with Crippen molar-refractivity contribution in [3.8, 4) is 22.6 Å². The topological polar surface area (TPSA) is 58.0 Å². The van der Waals surface area contributed by atoms with Crippen molar-refractivity contribution < 1.29 is 0 Å². The van der Waals surface area contributed by atoms with E-state index in [9.17, 15) is 0 Å². The van der Waals surface area contributed by atoms with E-state index in [1.165, 1.54) is 0 Å². The van der Waals surface area contributed by atoms with Crippen LogP contribution in [0, 0.1) is 0 Å². The van der Waals surface area contributed by atoms with E-state index in [2.05, 4.69) is 88.7 Å². The largest absolute Gasteiger partial charge is 0.279 e. The van der Waals surface area contributed by atoms with E-state index in [4.69, 9.17) is 19.9 Å². The molecule has 0 aliphatic carbocycles. The zero-order valence-corrected chi connectivity index (χ0v) is 26.0. The number of nitrogens with zero attached hydrogens (tertiary/aromatic N) is 6. The predicted octanol–water partition coefficient (Wildman–Crippen LogP) is 10.7. The van der Waals surface area contributed by atoms with Gasteiger partial charge in [0, 0.05) is 45.5 Å². The predicted molar refractivity (Wildman–Crippen MR) is 195 cm³/mol. The molecule has 0 atom stereocenters. The summed E-state index contributed by atoms with van der Waals surface area (Å²) in [4.78, 5) is 24.5. The molecule has 8 rings (SSSR count). The molecular weight excluding hydrogens is 589 g/mol. The molecule has 0 bridgehead atoms. The summed E-state index contributed by atoms with van der Waals surface area (Å²) in [5.41, 5.74) is 6.47. The highest BCUT2D eigenvalue weighted by Gasteiger charge is 2.23. The molecule has 0 fully saturated rings. The Morgan fingerprint density at radius 3 is 1.29 bits per heavy atom. The van der Waals surface area contributed by atoms with Crippen LogP contribution in [0.4, 0.5) is 34.6 Å². The van der Waals surface area contributed by atoms with E-state index in [-0.39, 0.29) is 0 Å². The molecular formula is C42H30N6. The van der Waals surface area contributed by atoms with Crippen molar-refractivity contribution in [3.05, 3.63) is 182 Å². The van der Waals surface area contributed by atoms with E-state index >= 15 is 0 Å². The van der Waals surface area contributed by atoms with Crippen LogP contribution < -0.4 is 9.80 Å². The van der Waals surface area contributed by atoms with Gasteiger partial charge in [0.1, 0.15) is 0 Å². The normalized spacial score (nSPS) is 10.9. The lowest BCUT2D eigenvalue weighted by molar-refractivity contribution is 0.988. The lowest BCUT2D eigenvalue weighted by Crippen LogP contribution is -2.19. The summed E-state index contributed by atoms with van der Waals surface area (Å²) < 4.78 is 0. The number of pyridine rings is 1. The Balaban J connectivity index is 1.35. The van der Waals surface area contributed by atoms with Crippen molar-refractivity contribution in [2.45, 2.75) is 0 Å². The summed E-state index contributed by atoms with van der Waals surface area (Å²) in [5.74, 6) is 1.54. The number of aromatic nitrogens is 4. The Kier molecular flexibility index (Phi) is 7.79. The number of benzene rings is 6. The van der Waals surface area contributed by atoms with Crippen LogP contribution in [0.1, 0.15) is 0 Å². The quantitative estimate of drug-likeness (QED) is 0.169. The molecule has 0 saturated heterocycles. The van der Waals surface area contributed by atoms with Crippen LogP contribution in [-0.4, -0.2) is 19.9 Å². The van der Waals surface area contributed by atoms with Gasteiger partial charge in [0.05, 0.1) is 5.69 Å². The fourth-order valence-electron chi connectivity index (χ4n) is 5.81. The fourth-order valence-corrected chi connectivity index (χ4v) is 5.81. The van der Waals surface area contributed by atoms with Crippen molar-refractivity contribution in [2.75, 3.05) is 9.80 Å². The van der Waals surface area contributed by atoms with Crippen molar-refractivity contribution in [2.24, 2.45) is 0 Å². The van der Waals surface area contributed by atoms with Crippen LogP contribution in [0.3, 0.4) is 0 Å². The van der Waals surface area contributed by atoms with Gasteiger partial charge in [-0.25, -0.2) is 0 Å². The first-order valence-electron chi connectivity index (χ1n) is 15.8. The fraction of sp³-hybridized carbons (Fsp3) is 0. The van der Waals surface area contributed by atoms with Gasteiger partial charge in [-0.3, -0.25) is 14.8 Å². The number of hydrogen-bond donors (Lipinski definition) is 0. The zero-order chi connectivity index (χ0) is 32.1. The van der Waals surface area contributed by atoms with Crippen molar-refractivity contribution >= 4 is 45.4 Å². The second kappa shape index (κ2) is 13.0. The van der Waals surface area contributed by atoms with Gasteiger partial charge in [0.2, 0.25) is 11.9 Å². The van der Waals surface area contributed by atoms with Crippen LogP contribution in [0.5, 0.6) is 0 Å². The third kappa shape index (κ3) is 5.86. The maximum Gasteiger partial charge on any atom is 0.240 e. The van der Waals surface area contributed by atoms with Crippen LogP contribution in [0.2, 0.25) is 0 Å². The summed E-state index contributed by atoms with van der Waals surface area (Å²) >= 11 is 0. The number of rotatable bonds is 8. The minimum Gasteiger partial charge on any atom is -0.279 e. The summed E-state index contributed by atoms with van der Waals surface area (Å²) in [6.07, 6.45) is 1.92. The molecule has 2 heterocycles. The van der Waals surface area contributed by atoms with E-state index in [0.717, 1.165) is 50.3 Å². The molecule has 0 amide bonds. The second-order valence-corrected chi connectivity index (χ2v) is 11.3. The smallest absolute Gasteiger partial charge is 0.240 e. The number of fused-ring (bicyclic) bond motifs is 1. The Morgan fingerprint density at radius 2 is 0.792 bits per heavy atom. The van der Waals surface area contributed by atoms with Crippen molar-refractivity contribution in [3.63, 3.8) is 0 Å². The molecule has 8 aromatic rings. The van der Waals surface area contributed by atoms with Gasteiger partial charge in [-0.2, -0.15) is 15.0 Å². The molecule has 48 heavy (non-hydrogen) atoms. The molecule has 228 valence electrons. The SMILES string of the molecule is c1ccc(N(c2ccccc2)c2nc(-c3cccc(-c4cc5ccccc5cn4)c3)nc(N(c3ccccc3)c3ccccc3)n2)cc1. The summed E-state index contributed by atoms with van der Waals surface area (Å²) in [7, 11) is 0. The lowest BCUT2D eigenvalue weighted by Gasteiger charge is -2.27. The van der Waals surface area contributed by atoms with Gasteiger partial charge in [-0.05, 0) is 66.0 Å². The monoisotopic (exact) mass is 618 g/mol. The van der Waals surface area contributed by atoms with Crippen LogP contribution in [0.25, 0.3) is 33.4 Å². The zero-order valence-electron chi connectivity index (χ0n) is 26.0. The summed E-state index contributed by atoms with van der Waals surface area (Å²) in [6, 6.07) is 59.4. The standard InChI is InChI=1S/C42H30N6/c1-5-20-35(21-6-1)47(36-22-7-2-8-23-36)41-44-40(33-19-15-18-32(28-33)39-29-31-16-13-14-17-34(31)30-43-39)45-42(46-41)48(37-24-9-3-10-25-37)38-26-11-4-12-27-38/h1-30H. The third-order valence-corrected chi connectivity index (χ3v) is 8.12. The Hall–Kier alpha value is -6.66. The minimum absolute atomic E-state index is 0.499. The number of anilines is 6. The third-order valence-electron chi connectivity index (χ3n) is 8.12. The molecule has 6 nitrogen and oxygen atoms in total. The molecule has 6 aromatic carbocycles. The van der Waals surface area contributed by atoms with Crippen molar-refractivity contribution in [1.82, 2.24) is 19.9 Å². The molecule has 2 aromatic heterocycles. The highest BCUT2D eigenvalue weighted by molar-refractivity contribution is 5.86. The lowest BCUT2D eigenvalue weighted by atomic mass is 10.0. The first kappa shape index (κ1) is 28.8. The number of hydrogen-bond acceptors (Lipinski definition) is 6. The Bertz CT molecular complexity index is 2120. The second-order valence-electron chi connectivity index (χ2n) is 11.3. The van der Waals surface area contributed by atoms with Crippen LogP contribution in [-0.2, 0) is 0 Å². The van der Waals surface area contributed by atoms with Gasteiger partial charge >= 0.3 is 0 Å². The summed E-state index contributed by atoms with van der Waals surface area (Å²) in [6.45, 7) is 0. The molecule has 0 aliphatic heterocycles. The van der Waals surface area contributed by atoms with Crippen LogP contribution in [0.15, 0.2) is 182 Å². The molecule has 0 N–H and O–H groups in total. The Labute approximate surface area is 279 Å². The molecule has 0 radical (unpaired) electrons. The van der Waals surface area contributed by atoms with E-state index in [1.807, 2.05) is 103 Å². The highest BCUT2D eigenvalue weighted by Crippen LogP contribution is 2.38. The van der Waals surface area contributed by atoms with E-state index in [0.29, 0.717) is 17.7 Å². The van der Waals surface area contributed by atoms with E-state index < -0.39 is 0 Å². The first-order valence-corrected chi connectivity index (χ1v) is 15.8. The highest BCUT2D eigenvalue weighted by atomic mass is 15.3. The molecule has 6 heteroatoms. The van der Waals surface area contributed by atoms with Gasteiger partial charge in [-0.15, -0.1) is 0 Å². The average Bonchev–Trinajstić information content (AvgIpc) is 3.17.